The van der Waals surface area contributed by atoms with Crippen molar-refractivity contribution in [1.82, 2.24) is 0 Å². The number of non-ortho nitro benzene ring substituents is 1. The number of anilines is 1. The highest BCUT2D eigenvalue weighted by atomic mass is 79.9. The highest BCUT2D eigenvalue weighted by molar-refractivity contribution is 9.11. The number of nitrogens with one attached hydrogen (secondary N) is 1. The van der Waals surface area contributed by atoms with Crippen LogP contribution in [0.3, 0.4) is 0 Å². The highest BCUT2D eigenvalue weighted by Gasteiger charge is 2.38. The first-order valence-electron chi connectivity index (χ1n) is 7.07. The molecule has 1 unspecified atom stereocenters. The SMILES string of the molecule is C[NH+](Cc1ccc(Br)s1)CN1C(=O)C(=O)c2cc([N+](=O)[O-])ccc21. The van der Waals surface area contributed by atoms with E-state index in [0.29, 0.717) is 18.9 Å². The van der Waals surface area contributed by atoms with Crippen molar-refractivity contribution in [3.8, 4) is 0 Å². The first-order valence-corrected chi connectivity index (χ1v) is 8.68. The van der Waals surface area contributed by atoms with Gasteiger partial charge in [0.25, 0.3) is 11.5 Å². The maximum absolute atomic E-state index is 12.2. The molecule has 24 heavy (non-hydrogen) atoms. The summed E-state index contributed by atoms with van der Waals surface area (Å²) < 4.78 is 1.04. The largest absolute Gasteiger partial charge is 0.315 e. The van der Waals surface area contributed by atoms with Crippen LogP contribution in [0.2, 0.25) is 0 Å². The Morgan fingerprint density at radius 2 is 2.04 bits per heavy atom. The van der Waals surface area contributed by atoms with Gasteiger partial charge >= 0.3 is 5.91 Å². The Labute approximate surface area is 149 Å². The number of rotatable bonds is 5. The third kappa shape index (κ3) is 3.10. The second kappa shape index (κ2) is 6.42. The predicted molar refractivity (Wildman–Crippen MR) is 92.4 cm³/mol. The highest BCUT2D eigenvalue weighted by Crippen LogP contribution is 2.31. The Morgan fingerprint density at radius 3 is 2.67 bits per heavy atom. The number of nitro benzene ring substituents is 1. The van der Waals surface area contributed by atoms with Gasteiger partial charge in [0.2, 0.25) is 0 Å². The molecule has 1 aliphatic heterocycles. The number of nitrogens with zero attached hydrogens (tertiary/aromatic N) is 2. The van der Waals surface area contributed by atoms with E-state index in [0.717, 1.165) is 13.6 Å². The normalized spacial score (nSPS) is 14.8. The lowest BCUT2D eigenvalue weighted by Gasteiger charge is -2.21. The molecule has 2 heterocycles. The summed E-state index contributed by atoms with van der Waals surface area (Å²) in [7, 11) is 1.93. The molecule has 1 aromatic carbocycles. The van der Waals surface area contributed by atoms with Crippen LogP contribution in [0.25, 0.3) is 0 Å². The Balaban J connectivity index is 1.81. The number of quaternary nitrogens is 1. The molecule has 1 aliphatic rings. The average molecular weight is 411 g/mol. The molecular weight excluding hydrogens is 398 g/mol. The standard InChI is InChI=1S/C15H12BrN3O4S/c1-17(7-10-3-5-13(16)24-10)8-18-12-4-2-9(19(22)23)6-11(12)14(20)15(18)21/h2-6H,7-8H2,1H3/p+1. The number of carbonyl (C=O) groups is 2. The second-order valence-electron chi connectivity index (χ2n) is 5.52. The number of benzene rings is 1. The minimum atomic E-state index is -0.694. The van der Waals surface area contributed by atoms with Gasteiger partial charge in [0.15, 0.2) is 6.67 Å². The fourth-order valence-electron chi connectivity index (χ4n) is 2.63. The van der Waals surface area contributed by atoms with E-state index < -0.39 is 16.6 Å². The van der Waals surface area contributed by atoms with Crippen LogP contribution in [0.15, 0.2) is 34.1 Å². The fourth-order valence-corrected chi connectivity index (χ4v) is 4.23. The molecule has 0 saturated heterocycles. The van der Waals surface area contributed by atoms with Crippen molar-refractivity contribution in [2.45, 2.75) is 6.54 Å². The minimum absolute atomic E-state index is 0.0980. The Kier molecular flexibility index (Phi) is 4.48. The van der Waals surface area contributed by atoms with Crippen molar-refractivity contribution < 1.29 is 19.4 Å². The number of ketones is 1. The number of hydrogen-bond donors (Lipinski definition) is 1. The van der Waals surface area contributed by atoms with Crippen LogP contribution in [-0.2, 0) is 11.3 Å². The number of hydrogen-bond acceptors (Lipinski definition) is 5. The van der Waals surface area contributed by atoms with Crippen LogP contribution in [0.5, 0.6) is 0 Å². The molecule has 7 nitrogen and oxygen atoms in total. The van der Waals surface area contributed by atoms with Crippen molar-refractivity contribution >= 4 is 50.3 Å². The average Bonchev–Trinajstić information content (AvgIpc) is 3.04. The van der Waals surface area contributed by atoms with Crippen molar-refractivity contribution in [3.63, 3.8) is 0 Å². The van der Waals surface area contributed by atoms with Crippen LogP contribution in [-0.4, -0.2) is 30.3 Å². The van der Waals surface area contributed by atoms with Gasteiger partial charge in [0, 0.05) is 12.1 Å². The zero-order valence-corrected chi connectivity index (χ0v) is 15.0. The van der Waals surface area contributed by atoms with Crippen LogP contribution in [0, 0.1) is 10.1 Å². The molecule has 1 amide bonds. The minimum Gasteiger partial charge on any atom is -0.315 e. The Morgan fingerprint density at radius 1 is 1.29 bits per heavy atom. The number of Topliss-reactive ketones (excluding diaryl/α,β-unsaturated/α-hetero) is 1. The number of carbonyl (C=O) groups excluding carboxylic acids is 2. The maximum Gasteiger partial charge on any atom is 0.303 e. The van der Waals surface area contributed by atoms with E-state index in [2.05, 4.69) is 15.9 Å². The van der Waals surface area contributed by atoms with Crippen molar-refractivity contribution in [3.05, 3.63) is 54.7 Å². The molecule has 0 saturated carbocycles. The van der Waals surface area contributed by atoms with E-state index in [9.17, 15) is 19.7 Å². The van der Waals surface area contributed by atoms with Gasteiger partial charge in [-0.3, -0.25) is 24.6 Å². The summed E-state index contributed by atoms with van der Waals surface area (Å²) in [6.45, 7) is 1.02. The van der Waals surface area contributed by atoms with Crippen molar-refractivity contribution in [2.24, 2.45) is 0 Å². The number of fused-ring (bicyclic) bond motifs is 1. The van der Waals surface area contributed by atoms with Crippen LogP contribution in [0.1, 0.15) is 15.2 Å². The Bertz CT molecular complexity index is 851. The molecular formula is C15H13BrN3O4S+. The molecule has 0 aliphatic carbocycles. The molecule has 1 atom stereocenters. The van der Waals surface area contributed by atoms with Crippen molar-refractivity contribution in [1.29, 1.82) is 0 Å². The summed E-state index contributed by atoms with van der Waals surface area (Å²) in [5.41, 5.74) is 0.337. The first-order chi connectivity index (χ1) is 11.4. The number of halogens is 1. The number of amides is 1. The van der Waals surface area contributed by atoms with Gasteiger partial charge in [-0.25, -0.2) is 0 Å². The number of thiophene rings is 1. The van der Waals surface area contributed by atoms with E-state index in [-0.39, 0.29) is 11.3 Å². The molecule has 2 aromatic rings. The summed E-state index contributed by atoms with van der Waals surface area (Å²) in [5.74, 6) is -1.34. The van der Waals surface area contributed by atoms with Gasteiger partial charge in [-0.15, -0.1) is 11.3 Å². The van der Waals surface area contributed by atoms with Gasteiger partial charge in [-0.05, 0) is 34.1 Å². The van der Waals surface area contributed by atoms with Gasteiger partial charge in [-0.1, -0.05) is 0 Å². The number of nitro groups is 1. The maximum atomic E-state index is 12.2. The van der Waals surface area contributed by atoms with E-state index in [1.54, 1.807) is 11.3 Å². The lowest BCUT2D eigenvalue weighted by molar-refractivity contribution is -0.892. The molecule has 0 fully saturated rings. The van der Waals surface area contributed by atoms with Crippen molar-refractivity contribution in [2.75, 3.05) is 18.6 Å². The van der Waals surface area contributed by atoms with Gasteiger partial charge in [-0.2, -0.15) is 0 Å². The summed E-state index contributed by atoms with van der Waals surface area (Å²) in [6.07, 6.45) is 0. The van der Waals surface area contributed by atoms with E-state index >= 15 is 0 Å². The summed E-state index contributed by atoms with van der Waals surface area (Å²) >= 11 is 5.03. The molecule has 1 aromatic heterocycles. The smallest absolute Gasteiger partial charge is 0.303 e. The monoisotopic (exact) mass is 410 g/mol. The fraction of sp³-hybridized carbons (Fsp3) is 0.200. The lowest BCUT2D eigenvalue weighted by atomic mass is 10.1. The second-order valence-corrected chi connectivity index (χ2v) is 8.07. The summed E-state index contributed by atoms with van der Waals surface area (Å²) in [5, 5.41) is 10.8. The predicted octanol–water partition coefficient (Wildman–Crippen LogP) is 1.62. The molecule has 1 N–H and O–H groups in total. The zero-order valence-electron chi connectivity index (χ0n) is 12.6. The molecule has 9 heteroatoms. The summed E-state index contributed by atoms with van der Waals surface area (Å²) in [6, 6.07) is 7.91. The molecule has 124 valence electrons. The van der Waals surface area contributed by atoms with Gasteiger partial charge in [0.1, 0.15) is 6.54 Å². The van der Waals surface area contributed by atoms with Crippen LogP contribution in [0.4, 0.5) is 11.4 Å². The van der Waals surface area contributed by atoms with Crippen LogP contribution < -0.4 is 9.80 Å². The summed E-state index contributed by atoms with van der Waals surface area (Å²) in [4.78, 5) is 38.2. The van der Waals surface area contributed by atoms with Gasteiger partial charge < -0.3 is 4.90 Å². The van der Waals surface area contributed by atoms with Crippen LogP contribution >= 0.6 is 27.3 Å². The quantitative estimate of drug-likeness (QED) is 0.461. The third-order valence-corrected chi connectivity index (χ3v) is 5.32. The molecule has 0 radical (unpaired) electrons. The lowest BCUT2D eigenvalue weighted by Crippen LogP contribution is -3.09. The molecule has 3 rings (SSSR count). The van der Waals surface area contributed by atoms with E-state index in [1.807, 2.05) is 19.2 Å². The molecule has 0 bridgehead atoms. The Hall–Kier alpha value is -2.10. The first kappa shape index (κ1) is 16.7. The zero-order chi connectivity index (χ0) is 17.4. The van der Waals surface area contributed by atoms with Gasteiger partial charge in [0.05, 0.1) is 31.9 Å². The molecule has 0 spiro atoms. The third-order valence-electron chi connectivity index (χ3n) is 3.70. The van der Waals surface area contributed by atoms with E-state index in [4.69, 9.17) is 0 Å². The topological polar surface area (TPSA) is 85.0 Å². The van der Waals surface area contributed by atoms with E-state index in [1.165, 1.54) is 23.1 Å².